The van der Waals surface area contributed by atoms with Crippen LogP contribution in [0.5, 0.6) is 0 Å². The van der Waals surface area contributed by atoms with Gasteiger partial charge in [0.1, 0.15) is 0 Å². The molecule has 0 atom stereocenters. The Bertz CT molecular complexity index is 376. The van der Waals surface area contributed by atoms with Crippen LogP contribution < -0.4 is 51.4 Å². The smallest absolute Gasteiger partial charge is 0.264 e. The Morgan fingerprint density at radius 1 is 1.25 bits per heavy atom. The molecule has 0 aliphatic heterocycles. The summed E-state index contributed by atoms with van der Waals surface area (Å²) in [7, 11) is -4.67. The van der Waals surface area contributed by atoms with E-state index in [0.717, 1.165) is 0 Å². The molecule has 1 aromatic rings. The van der Waals surface area contributed by atoms with Crippen LogP contribution in [0.3, 0.4) is 0 Å². The van der Waals surface area contributed by atoms with Crippen molar-refractivity contribution in [3.63, 3.8) is 0 Å². The van der Waals surface area contributed by atoms with E-state index in [-0.39, 0.29) is 51.4 Å². The van der Waals surface area contributed by atoms with Crippen LogP contribution in [0.1, 0.15) is 30.9 Å². The normalized spacial score (nSPS) is 10.1. The average Bonchev–Trinajstić information content (AvgIpc) is 2.01. The van der Waals surface area contributed by atoms with E-state index in [0.29, 0.717) is 5.92 Å². The maximum absolute atomic E-state index is 8.74. The topological polar surface area (TPSA) is 74.6 Å². The third-order valence-corrected chi connectivity index (χ3v) is 1.61. The summed E-state index contributed by atoms with van der Waals surface area (Å²) in [4.78, 5) is 0. The van der Waals surface area contributed by atoms with Crippen molar-refractivity contribution in [2.45, 2.75) is 26.7 Å². The van der Waals surface area contributed by atoms with E-state index in [2.05, 4.69) is 39.0 Å². The van der Waals surface area contributed by atoms with Crippen molar-refractivity contribution in [1.29, 1.82) is 0 Å². The van der Waals surface area contributed by atoms with Gasteiger partial charge in [-0.1, -0.05) is 20.8 Å². The summed E-state index contributed by atoms with van der Waals surface area (Å²) < 4.78 is 31.6. The predicted molar refractivity (Wildman–Crippen MR) is 58.3 cm³/mol. The largest absolute Gasteiger partial charge is 1.00 e. The van der Waals surface area contributed by atoms with E-state index in [1.165, 1.54) is 11.1 Å². The van der Waals surface area contributed by atoms with Gasteiger partial charge < -0.3 is 0 Å². The Kier molecular flexibility index (Phi) is 10.4. The molecule has 16 heavy (non-hydrogen) atoms. The molecule has 0 aliphatic carbocycles. The zero-order chi connectivity index (χ0) is 12.1. The first-order valence-corrected chi connectivity index (χ1v) is 5.78. The molecule has 2 N–H and O–H groups in total. The van der Waals surface area contributed by atoms with E-state index in [4.69, 9.17) is 17.5 Å². The number of aryl methyl sites for hydroxylation is 1. The van der Waals surface area contributed by atoms with Crippen molar-refractivity contribution >= 4 is 10.4 Å². The summed E-state index contributed by atoms with van der Waals surface area (Å²) in [5, 5.41) is 0. The van der Waals surface area contributed by atoms with Gasteiger partial charge in [-0.15, -0.1) is 0 Å². The Labute approximate surface area is 139 Å². The van der Waals surface area contributed by atoms with Gasteiger partial charge in [0.15, 0.2) is 0 Å². The summed E-state index contributed by atoms with van der Waals surface area (Å²) in [6.07, 6.45) is 0. The third kappa shape index (κ3) is 12.8. The summed E-state index contributed by atoms with van der Waals surface area (Å²) in [6.45, 7) is 6.45. The molecule has 0 amide bonds. The second-order valence-corrected chi connectivity index (χ2v) is 4.32. The van der Waals surface area contributed by atoms with E-state index in [1.54, 1.807) is 0 Å². The minimum atomic E-state index is -4.67. The number of hydrogen-bond acceptors (Lipinski definition) is 2. The van der Waals surface area contributed by atoms with E-state index in [1.807, 2.05) is 6.07 Å². The van der Waals surface area contributed by atoms with Crippen molar-refractivity contribution < 1.29 is 68.9 Å². The number of benzene rings is 1. The Balaban J connectivity index is 0. The zero-order valence-electron chi connectivity index (χ0n) is 9.93. The van der Waals surface area contributed by atoms with Gasteiger partial charge in [0, 0.05) is 0 Å². The first-order chi connectivity index (χ1) is 6.70. The molecule has 0 aliphatic rings. The molecule has 0 radical (unpaired) electrons. The summed E-state index contributed by atoms with van der Waals surface area (Å²) in [5.41, 5.74) is 2.58. The molecule has 0 heterocycles. The van der Waals surface area contributed by atoms with Crippen LogP contribution in [0.4, 0.5) is 0 Å². The first-order valence-electron chi connectivity index (χ1n) is 4.38. The fraction of sp³-hybridized carbons (Fsp3) is 0.400. The zero-order valence-corrected chi connectivity index (χ0v) is 13.9. The number of hydrogen-bond donors (Lipinski definition) is 2. The molecule has 1 aromatic carbocycles. The molecular weight excluding hydrogens is 255 g/mol. The average molecular weight is 270 g/mol. The molecule has 0 fully saturated rings. The van der Waals surface area contributed by atoms with Crippen LogP contribution in [-0.2, 0) is 10.4 Å². The summed E-state index contributed by atoms with van der Waals surface area (Å²) in [6, 6.07) is 9.54. The molecular formula is C10H15KO4S. The Morgan fingerprint density at radius 3 is 1.94 bits per heavy atom. The molecule has 0 unspecified atom stereocenters. The van der Waals surface area contributed by atoms with Gasteiger partial charge in [-0.2, -0.15) is 43.8 Å². The maximum atomic E-state index is 8.74. The van der Waals surface area contributed by atoms with E-state index >= 15 is 0 Å². The van der Waals surface area contributed by atoms with Crippen molar-refractivity contribution in [2.24, 2.45) is 0 Å². The second kappa shape index (κ2) is 8.76. The molecule has 1 rings (SSSR count). The van der Waals surface area contributed by atoms with Crippen LogP contribution >= 0.6 is 0 Å². The van der Waals surface area contributed by atoms with Gasteiger partial charge in [0.25, 0.3) is 0 Å². The quantitative estimate of drug-likeness (QED) is 0.401. The van der Waals surface area contributed by atoms with Crippen molar-refractivity contribution in [1.82, 2.24) is 0 Å². The van der Waals surface area contributed by atoms with Crippen molar-refractivity contribution in [3.05, 3.63) is 35.4 Å². The third-order valence-electron chi connectivity index (χ3n) is 1.61. The minimum Gasteiger partial charge on any atom is -0.264 e. The van der Waals surface area contributed by atoms with Crippen LogP contribution in [0.15, 0.2) is 18.2 Å². The standard InChI is InChI=1S/C10H13.K.H2O4S/c1-8(2)10-6-4-9(3)5-7-10;;1-5(2,3)4/h4-6,8H,1-3H3;;(H2,1,2,3,4)/q-1;+1;. The van der Waals surface area contributed by atoms with Gasteiger partial charge >= 0.3 is 61.8 Å². The number of rotatable bonds is 1. The molecule has 0 bridgehead atoms. The minimum absolute atomic E-state index is 0. The fourth-order valence-electron chi connectivity index (χ4n) is 0.874. The van der Waals surface area contributed by atoms with E-state index < -0.39 is 10.4 Å². The van der Waals surface area contributed by atoms with Crippen molar-refractivity contribution in [2.75, 3.05) is 0 Å². The summed E-state index contributed by atoms with van der Waals surface area (Å²) in [5.74, 6) is 0.598. The predicted octanol–water partition coefficient (Wildman–Crippen LogP) is -0.730. The molecule has 6 heteroatoms. The van der Waals surface area contributed by atoms with Crippen molar-refractivity contribution in [3.8, 4) is 0 Å². The van der Waals surface area contributed by atoms with Gasteiger partial charge in [-0.3, -0.25) is 9.11 Å². The van der Waals surface area contributed by atoms with Gasteiger partial charge in [-0.25, -0.2) is 0 Å². The monoisotopic (exact) mass is 270 g/mol. The summed E-state index contributed by atoms with van der Waals surface area (Å²) >= 11 is 0. The van der Waals surface area contributed by atoms with Crippen LogP contribution in [0, 0.1) is 13.0 Å². The molecule has 86 valence electrons. The SMILES string of the molecule is Cc1c[c-]c(C(C)C)cc1.O=S(=O)(O)O.[K+]. The Hall–Kier alpha value is 0.726. The van der Waals surface area contributed by atoms with Gasteiger partial charge in [0.05, 0.1) is 0 Å². The molecule has 0 saturated carbocycles. The molecule has 4 nitrogen and oxygen atoms in total. The van der Waals surface area contributed by atoms with Gasteiger partial charge in [-0.05, 0) is 5.92 Å². The fourth-order valence-corrected chi connectivity index (χ4v) is 0.874. The van der Waals surface area contributed by atoms with Crippen LogP contribution in [0.25, 0.3) is 0 Å². The van der Waals surface area contributed by atoms with Gasteiger partial charge in [0.2, 0.25) is 0 Å². The molecule has 0 aromatic heterocycles. The van der Waals surface area contributed by atoms with E-state index in [9.17, 15) is 0 Å². The maximum Gasteiger partial charge on any atom is 1.00 e. The van der Waals surface area contributed by atoms with Crippen LogP contribution in [0.2, 0.25) is 0 Å². The molecule has 0 saturated heterocycles. The Morgan fingerprint density at radius 2 is 1.69 bits per heavy atom. The molecule has 0 spiro atoms. The van der Waals surface area contributed by atoms with Crippen LogP contribution in [-0.4, -0.2) is 17.5 Å². The second-order valence-electron chi connectivity index (χ2n) is 3.42. The first kappa shape index (κ1) is 19.1.